The number of benzene rings is 1. The largest absolute Gasteiger partial charge is 0.482 e. The minimum Gasteiger partial charge on any atom is -0.482 e. The van der Waals surface area contributed by atoms with Gasteiger partial charge in [0.1, 0.15) is 5.75 Å². The summed E-state index contributed by atoms with van der Waals surface area (Å²) in [4.78, 5) is 12.3. The van der Waals surface area contributed by atoms with Crippen molar-refractivity contribution < 1.29 is 32.3 Å². The molecular formula is C19H23O7P. The Balaban J connectivity index is 1.69. The average Bonchev–Trinajstić information content (AvgIpc) is 3.15. The molecule has 0 aliphatic carbocycles. The lowest BCUT2D eigenvalue weighted by atomic mass is 9.97. The van der Waals surface area contributed by atoms with Crippen molar-refractivity contribution in [2.45, 2.75) is 26.6 Å². The minimum absolute atomic E-state index is 0.196. The van der Waals surface area contributed by atoms with E-state index in [0.29, 0.717) is 5.75 Å². The monoisotopic (exact) mass is 394 g/mol. The maximum atomic E-state index is 13.2. The number of ether oxygens (including phenoxy) is 2. The van der Waals surface area contributed by atoms with Gasteiger partial charge in [-0.15, -0.1) is 0 Å². The number of rotatable bonds is 6. The zero-order chi connectivity index (χ0) is 19.5. The van der Waals surface area contributed by atoms with Gasteiger partial charge in [-0.25, -0.2) is 4.79 Å². The second-order valence-electron chi connectivity index (χ2n) is 7.21. The van der Waals surface area contributed by atoms with Crippen molar-refractivity contribution in [3.8, 4) is 5.75 Å². The van der Waals surface area contributed by atoms with E-state index in [1.165, 1.54) is 6.26 Å². The molecule has 2 aromatic rings. The molecule has 1 saturated heterocycles. The third-order valence-electron chi connectivity index (χ3n) is 3.93. The average molecular weight is 394 g/mol. The van der Waals surface area contributed by atoms with E-state index < -0.39 is 19.4 Å². The van der Waals surface area contributed by atoms with Gasteiger partial charge in [0.25, 0.3) is 5.85 Å². The number of furan rings is 1. The highest BCUT2D eigenvalue weighted by atomic mass is 31.2. The summed E-state index contributed by atoms with van der Waals surface area (Å²) < 4.78 is 40.3. The van der Waals surface area contributed by atoms with Crippen LogP contribution in [0.5, 0.6) is 5.75 Å². The fourth-order valence-corrected chi connectivity index (χ4v) is 4.57. The molecule has 1 atom stereocenters. The summed E-state index contributed by atoms with van der Waals surface area (Å²) in [6.07, 6.45) is 1.40. The van der Waals surface area contributed by atoms with E-state index in [2.05, 4.69) is 0 Å². The van der Waals surface area contributed by atoms with Crippen molar-refractivity contribution >= 4 is 13.6 Å². The predicted molar refractivity (Wildman–Crippen MR) is 97.5 cm³/mol. The third kappa shape index (κ3) is 5.01. The highest BCUT2D eigenvalue weighted by Gasteiger charge is 2.47. The first-order chi connectivity index (χ1) is 12.8. The van der Waals surface area contributed by atoms with Crippen LogP contribution in [0.3, 0.4) is 0 Å². The number of hydrogen-bond acceptors (Lipinski definition) is 7. The van der Waals surface area contributed by atoms with Crippen molar-refractivity contribution in [2.75, 3.05) is 19.8 Å². The van der Waals surface area contributed by atoms with Crippen LogP contribution in [0.4, 0.5) is 0 Å². The van der Waals surface area contributed by atoms with Crippen LogP contribution in [0.1, 0.15) is 31.0 Å². The quantitative estimate of drug-likeness (QED) is 0.528. The topological polar surface area (TPSA) is 84.2 Å². The molecule has 0 N–H and O–H groups in total. The molecule has 27 heavy (non-hydrogen) atoms. The molecule has 1 fully saturated rings. The lowest BCUT2D eigenvalue weighted by Crippen LogP contribution is -2.31. The van der Waals surface area contributed by atoms with Gasteiger partial charge in [0, 0.05) is 5.41 Å². The standard InChI is InChI=1S/C19H23O7P/c1-14-6-4-7-15(10-14)23-11-17(20)26-18(16-8-5-9-22-16)27(21)24-12-19(2,3)13-25-27/h4-10,18H,11-13H2,1-3H3. The molecule has 8 heteroatoms. The van der Waals surface area contributed by atoms with Crippen LogP contribution in [0.2, 0.25) is 0 Å². The maximum absolute atomic E-state index is 13.2. The van der Waals surface area contributed by atoms with E-state index in [1.807, 2.05) is 32.9 Å². The van der Waals surface area contributed by atoms with Crippen molar-refractivity contribution in [2.24, 2.45) is 5.41 Å². The SMILES string of the molecule is Cc1cccc(OCC(=O)OC(c2ccco2)P2(=O)OCC(C)(C)CO2)c1. The number of carbonyl (C=O) groups is 1. The summed E-state index contributed by atoms with van der Waals surface area (Å²) in [6.45, 7) is 5.88. The molecular weight excluding hydrogens is 371 g/mol. The van der Waals surface area contributed by atoms with Gasteiger partial charge in [-0.1, -0.05) is 26.0 Å². The molecule has 1 aliphatic heterocycles. The Hall–Kier alpha value is -2.08. The Morgan fingerprint density at radius 1 is 1.22 bits per heavy atom. The van der Waals surface area contributed by atoms with E-state index >= 15 is 0 Å². The molecule has 1 unspecified atom stereocenters. The summed E-state index contributed by atoms with van der Waals surface area (Å²) in [5.41, 5.74) is 0.727. The fraction of sp³-hybridized carbons (Fsp3) is 0.421. The summed E-state index contributed by atoms with van der Waals surface area (Å²) in [5.74, 6) is -1.25. The van der Waals surface area contributed by atoms with E-state index in [0.717, 1.165) is 5.56 Å². The predicted octanol–water partition coefficient (Wildman–Crippen LogP) is 4.47. The molecule has 0 saturated carbocycles. The van der Waals surface area contributed by atoms with Gasteiger partial charge in [-0.3, -0.25) is 4.57 Å². The Bertz CT molecular complexity index is 814. The second-order valence-corrected chi connectivity index (χ2v) is 9.28. The molecule has 1 aromatic heterocycles. The van der Waals surface area contributed by atoms with Crippen LogP contribution < -0.4 is 4.74 Å². The van der Waals surface area contributed by atoms with Crippen molar-refractivity contribution in [1.29, 1.82) is 0 Å². The number of hydrogen-bond donors (Lipinski definition) is 0. The van der Waals surface area contributed by atoms with Crippen LogP contribution >= 0.6 is 7.60 Å². The third-order valence-corrected chi connectivity index (χ3v) is 5.85. The second kappa shape index (κ2) is 7.89. The Kier molecular flexibility index (Phi) is 5.75. The number of aryl methyl sites for hydroxylation is 1. The Morgan fingerprint density at radius 2 is 1.96 bits per heavy atom. The molecule has 0 bridgehead atoms. The van der Waals surface area contributed by atoms with Gasteiger partial charge in [-0.05, 0) is 36.8 Å². The summed E-state index contributed by atoms with van der Waals surface area (Å²) in [6, 6.07) is 10.5. The normalized spacial score (nSPS) is 19.2. The van der Waals surface area contributed by atoms with Crippen LogP contribution in [0.25, 0.3) is 0 Å². The van der Waals surface area contributed by atoms with Gasteiger partial charge in [0.15, 0.2) is 12.4 Å². The smallest absolute Gasteiger partial charge is 0.378 e. The molecule has 2 heterocycles. The first-order valence-electron chi connectivity index (χ1n) is 8.59. The molecule has 0 radical (unpaired) electrons. The van der Waals surface area contributed by atoms with Crippen LogP contribution in [0, 0.1) is 12.3 Å². The van der Waals surface area contributed by atoms with E-state index in [4.69, 9.17) is 22.9 Å². The highest BCUT2D eigenvalue weighted by Crippen LogP contribution is 2.64. The fourth-order valence-electron chi connectivity index (χ4n) is 2.46. The zero-order valence-electron chi connectivity index (χ0n) is 15.5. The van der Waals surface area contributed by atoms with Gasteiger partial charge < -0.3 is 22.9 Å². The van der Waals surface area contributed by atoms with E-state index in [1.54, 1.807) is 24.3 Å². The van der Waals surface area contributed by atoms with Crippen molar-refractivity contribution in [3.05, 3.63) is 54.0 Å². The van der Waals surface area contributed by atoms with Crippen molar-refractivity contribution in [1.82, 2.24) is 0 Å². The van der Waals surface area contributed by atoms with Gasteiger partial charge in [0.05, 0.1) is 19.5 Å². The first kappa shape index (κ1) is 19.7. The van der Waals surface area contributed by atoms with Crippen LogP contribution in [0.15, 0.2) is 47.1 Å². The summed E-state index contributed by atoms with van der Waals surface area (Å²) >= 11 is 0. The highest BCUT2D eigenvalue weighted by molar-refractivity contribution is 7.54. The summed E-state index contributed by atoms with van der Waals surface area (Å²) in [5, 5.41) is 0. The summed E-state index contributed by atoms with van der Waals surface area (Å²) in [7, 11) is -3.74. The Morgan fingerprint density at radius 3 is 2.59 bits per heavy atom. The van der Waals surface area contributed by atoms with Gasteiger partial charge in [0.2, 0.25) is 0 Å². The first-order valence-corrected chi connectivity index (χ1v) is 10.2. The van der Waals surface area contributed by atoms with Gasteiger partial charge in [-0.2, -0.15) is 0 Å². The molecule has 3 rings (SSSR count). The number of carbonyl (C=O) groups excluding carboxylic acids is 1. The Labute approximate surface area is 158 Å². The molecule has 0 spiro atoms. The van der Waals surface area contributed by atoms with E-state index in [9.17, 15) is 9.36 Å². The van der Waals surface area contributed by atoms with Crippen LogP contribution in [-0.2, 0) is 23.1 Å². The van der Waals surface area contributed by atoms with E-state index in [-0.39, 0.29) is 31.0 Å². The maximum Gasteiger partial charge on any atom is 0.378 e. The zero-order valence-corrected chi connectivity index (χ0v) is 16.4. The minimum atomic E-state index is -3.74. The van der Waals surface area contributed by atoms with Gasteiger partial charge >= 0.3 is 13.6 Å². The van der Waals surface area contributed by atoms with Crippen molar-refractivity contribution in [3.63, 3.8) is 0 Å². The molecule has 146 valence electrons. The molecule has 7 nitrogen and oxygen atoms in total. The molecule has 1 aromatic carbocycles. The number of esters is 1. The lowest BCUT2D eigenvalue weighted by Gasteiger charge is -2.36. The van der Waals surface area contributed by atoms with Crippen LogP contribution in [-0.4, -0.2) is 25.8 Å². The molecule has 0 amide bonds. The lowest BCUT2D eigenvalue weighted by molar-refractivity contribution is -0.150. The molecule has 1 aliphatic rings.